The van der Waals surface area contributed by atoms with Crippen LogP contribution < -0.4 is 10.6 Å². The van der Waals surface area contributed by atoms with E-state index < -0.39 is 11.8 Å². The largest absolute Gasteiger partial charge is 0.341 e. The van der Waals surface area contributed by atoms with Gasteiger partial charge in [0.15, 0.2) is 0 Å². The highest BCUT2D eigenvalue weighted by atomic mass is 19.1. The predicted molar refractivity (Wildman–Crippen MR) is 110 cm³/mol. The molecule has 30 heavy (non-hydrogen) atoms. The zero-order chi connectivity index (χ0) is 20.9. The Balaban J connectivity index is 1.28. The highest BCUT2D eigenvalue weighted by Crippen LogP contribution is 2.17. The molecule has 1 saturated heterocycles. The first-order valence-electron chi connectivity index (χ1n) is 9.95. The lowest BCUT2D eigenvalue weighted by Gasteiger charge is -2.33. The Morgan fingerprint density at radius 2 is 2.03 bits per heavy atom. The van der Waals surface area contributed by atoms with E-state index in [4.69, 9.17) is 0 Å². The molecule has 0 aliphatic carbocycles. The van der Waals surface area contributed by atoms with Crippen molar-refractivity contribution in [3.8, 4) is 0 Å². The maximum Gasteiger partial charge on any atom is 0.319 e. The minimum Gasteiger partial charge on any atom is -0.341 e. The summed E-state index contributed by atoms with van der Waals surface area (Å²) in [7, 11) is 0. The van der Waals surface area contributed by atoms with E-state index >= 15 is 0 Å². The smallest absolute Gasteiger partial charge is 0.319 e. The third-order valence-electron chi connectivity index (χ3n) is 5.21. The van der Waals surface area contributed by atoms with Crippen molar-refractivity contribution in [1.82, 2.24) is 25.2 Å². The normalized spacial score (nSPS) is 16.4. The van der Waals surface area contributed by atoms with Crippen molar-refractivity contribution < 1.29 is 14.0 Å². The van der Waals surface area contributed by atoms with Gasteiger partial charge in [-0.15, -0.1) is 5.10 Å². The Morgan fingerprint density at radius 1 is 1.17 bits per heavy atom. The number of carbonyl (C=O) groups is 2. The van der Waals surface area contributed by atoms with Gasteiger partial charge in [0.2, 0.25) is 5.91 Å². The number of carbonyl (C=O) groups excluding carboxylic acids is 2. The lowest BCUT2D eigenvalue weighted by molar-refractivity contribution is -0.133. The fourth-order valence-corrected chi connectivity index (χ4v) is 3.70. The number of amides is 3. The number of para-hydroxylation sites is 1. The maximum absolute atomic E-state index is 13.2. The van der Waals surface area contributed by atoms with Crippen LogP contribution in [0.4, 0.5) is 14.9 Å². The third-order valence-corrected chi connectivity index (χ3v) is 5.21. The first kappa shape index (κ1) is 19.8. The summed E-state index contributed by atoms with van der Waals surface area (Å²) in [6.07, 6.45) is 1.80. The van der Waals surface area contributed by atoms with Crippen molar-refractivity contribution in [2.75, 3.05) is 25.0 Å². The van der Waals surface area contributed by atoms with Crippen molar-refractivity contribution in [1.29, 1.82) is 0 Å². The van der Waals surface area contributed by atoms with E-state index in [1.54, 1.807) is 10.7 Å². The minimum absolute atomic E-state index is 0.0143. The number of urea groups is 1. The molecule has 8 nitrogen and oxygen atoms in total. The van der Waals surface area contributed by atoms with Gasteiger partial charge in [0, 0.05) is 25.3 Å². The summed E-state index contributed by atoms with van der Waals surface area (Å²) in [6, 6.07) is 12.9. The summed E-state index contributed by atoms with van der Waals surface area (Å²) >= 11 is 0. The van der Waals surface area contributed by atoms with Crippen LogP contribution in [-0.4, -0.2) is 51.5 Å². The number of nitrogens with one attached hydrogen (secondary N) is 2. The van der Waals surface area contributed by atoms with Crippen LogP contribution in [0.3, 0.4) is 0 Å². The van der Waals surface area contributed by atoms with Crippen LogP contribution in [0.2, 0.25) is 0 Å². The van der Waals surface area contributed by atoms with Gasteiger partial charge < -0.3 is 15.5 Å². The number of piperidine rings is 1. The SMILES string of the molecule is O=C(NCC1CCCN(C(=O)Cn2nnc3ccccc32)C1)Nc1cccc(F)c1. The molecule has 1 fully saturated rings. The number of likely N-dealkylation sites (tertiary alicyclic amines) is 1. The van der Waals surface area contributed by atoms with Gasteiger partial charge >= 0.3 is 6.03 Å². The molecule has 0 radical (unpaired) electrons. The van der Waals surface area contributed by atoms with Crippen molar-refractivity contribution in [2.24, 2.45) is 5.92 Å². The molecule has 2 aromatic carbocycles. The van der Waals surface area contributed by atoms with E-state index in [-0.39, 0.29) is 18.4 Å². The van der Waals surface area contributed by atoms with Crippen molar-refractivity contribution >= 4 is 28.7 Å². The van der Waals surface area contributed by atoms with Gasteiger partial charge in [-0.2, -0.15) is 0 Å². The molecule has 1 aromatic heterocycles. The van der Waals surface area contributed by atoms with Gasteiger partial charge in [0.05, 0.1) is 5.52 Å². The lowest BCUT2D eigenvalue weighted by atomic mass is 9.98. The Morgan fingerprint density at radius 3 is 2.90 bits per heavy atom. The fraction of sp³-hybridized carbons (Fsp3) is 0.333. The van der Waals surface area contributed by atoms with Crippen LogP contribution >= 0.6 is 0 Å². The average molecular weight is 410 g/mol. The molecule has 0 spiro atoms. The van der Waals surface area contributed by atoms with E-state index in [1.165, 1.54) is 18.2 Å². The molecule has 1 atom stereocenters. The molecule has 156 valence electrons. The van der Waals surface area contributed by atoms with Crippen LogP contribution in [0.5, 0.6) is 0 Å². The van der Waals surface area contributed by atoms with E-state index in [9.17, 15) is 14.0 Å². The van der Waals surface area contributed by atoms with E-state index in [2.05, 4.69) is 20.9 Å². The molecule has 4 rings (SSSR count). The van der Waals surface area contributed by atoms with E-state index in [0.29, 0.717) is 25.3 Å². The Labute approximate surface area is 173 Å². The Bertz CT molecular complexity index is 1050. The highest BCUT2D eigenvalue weighted by Gasteiger charge is 2.24. The standard InChI is InChI=1S/C21H23FN6O2/c22-16-6-3-7-17(11-16)24-21(30)23-12-15-5-4-10-27(13-15)20(29)14-28-19-9-2-1-8-18(19)25-26-28/h1-3,6-9,11,15H,4-5,10,12-14H2,(H2,23,24,30). The molecule has 3 aromatic rings. The van der Waals surface area contributed by atoms with Crippen LogP contribution in [0.15, 0.2) is 48.5 Å². The number of benzene rings is 2. The Kier molecular flexibility index (Phi) is 5.87. The third kappa shape index (κ3) is 4.73. The first-order chi connectivity index (χ1) is 14.6. The van der Waals surface area contributed by atoms with E-state index in [1.807, 2.05) is 29.2 Å². The zero-order valence-corrected chi connectivity index (χ0v) is 16.4. The number of aromatic nitrogens is 3. The number of hydrogen-bond acceptors (Lipinski definition) is 4. The molecule has 0 bridgehead atoms. The van der Waals surface area contributed by atoms with Crippen molar-refractivity contribution in [3.63, 3.8) is 0 Å². The van der Waals surface area contributed by atoms with E-state index in [0.717, 1.165) is 23.9 Å². The summed E-state index contributed by atoms with van der Waals surface area (Å²) in [5.74, 6) is -0.262. The van der Waals surface area contributed by atoms with Gasteiger partial charge in [-0.3, -0.25) is 4.79 Å². The van der Waals surface area contributed by atoms with Crippen LogP contribution in [0.1, 0.15) is 12.8 Å². The lowest BCUT2D eigenvalue weighted by Crippen LogP contribution is -2.45. The predicted octanol–water partition coefficient (Wildman–Crippen LogP) is 2.63. The average Bonchev–Trinajstić information content (AvgIpc) is 3.15. The monoisotopic (exact) mass is 410 g/mol. The molecule has 1 unspecified atom stereocenters. The van der Waals surface area contributed by atoms with Gasteiger partial charge in [-0.25, -0.2) is 13.9 Å². The molecule has 3 amide bonds. The number of hydrogen-bond donors (Lipinski definition) is 2. The molecule has 2 N–H and O–H groups in total. The molecular formula is C21H23FN6O2. The number of nitrogens with zero attached hydrogens (tertiary/aromatic N) is 4. The fourth-order valence-electron chi connectivity index (χ4n) is 3.70. The van der Waals surface area contributed by atoms with Crippen LogP contribution in [-0.2, 0) is 11.3 Å². The summed E-state index contributed by atoms with van der Waals surface area (Å²) in [5, 5.41) is 13.6. The van der Waals surface area contributed by atoms with Crippen molar-refractivity contribution in [2.45, 2.75) is 19.4 Å². The Hall–Kier alpha value is -3.49. The molecule has 9 heteroatoms. The van der Waals surface area contributed by atoms with Crippen molar-refractivity contribution in [3.05, 3.63) is 54.3 Å². The molecule has 2 heterocycles. The number of anilines is 1. The van der Waals surface area contributed by atoms with Gasteiger partial charge in [0.25, 0.3) is 0 Å². The minimum atomic E-state index is -0.408. The quantitative estimate of drug-likeness (QED) is 0.676. The summed E-state index contributed by atoms with van der Waals surface area (Å²) < 4.78 is 14.8. The maximum atomic E-state index is 13.2. The highest BCUT2D eigenvalue weighted by molar-refractivity contribution is 5.89. The van der Waals surface area contributed by atoms with Gasteiger partial charge in [-0.05, 0) is 49.1 Å². The van der Waals surface area contributed by atoms with Gasteiger partial charge in [0.1, 0.15) is 17.9 Å². The van der Waals surface area contributed by atoms with Crippen LogP contribution in [0.25, 0.3) is 11.0 Å². The zero-order valence-electron chi connectivity index (χ0n) is 16.4. The number of fused-ring (bicyclic) bond motifs is 1. The topological polar surface area (TPSA) is 92.2 Å². The second-order valence-corrected chi connectivity index (χ2v) is 7.43. The second kappa shape index (κ2) is 8.89. The molecular weight excluding hydrogens is 387 g/mol. The molecule has 1 aliphatic rings. The molecule has 1 aliphatic heterocycles. The summed E-state index contributed by atoms with van der Waals surface area (Å²) in [5.41, 5.74) is 1.98. The second-order valence-electron chi connectivity index (χ2n) is 7.43. The van der Waals surface area contributed by atoms with Gasteiger partial charge in [-0.1, -0.05) is 23.4 Å². The van der Waals surface area contributed by atoms with Crippen LogP contribution in [0, 0.1) is 11.7 Å². The number of rotatable bonds is 5. The molecule has 0 saturated carbocycles. The first-order valence-corrected chi connectivity index (χ1v) is 9.95. The summed E-state index contributed by atoms with van der Waals surface area (Å²) in [6.45, 7) is 1.85. The summed E-state index contributed by atoms with van der Waals surface area (Å²) in [4.78, 5) is 26.7. The number of halogens is 1.